The fourth-order valence-electron chi connectivity index (χ4n) is 0.925. The van der Waals surface area contributed by atoms with Gasteiger partial charge in [0, 0.05) is 15.7 Å². The van der Waals surface area contributed by atoms with E-state index < -0.39 is 0 Å². The molecule has 1 N–H and O–H groups in total. The van der Waals surface area contributed by atoms with Gasteiger partial charge in [0.25, 0.3) is 0 Å². The van der Waals surface area contributed by atoms with Crippen LogP contribution in [0.3, 0.4) is 0 Å². The summed E-state index contributed by atoms with van der Waals surface area (Å²) in [5, 5.41) is 3.81. The molecule has 0 saturated heterocycles. The van der Waals surface area contributed by atoms with Gasteiger partial charge in [0.1, 0.15) is 0 Å². The standard InChI is InChI=1S/C11H12ClNS/c1-3-10(13-2)8-14-11-6-4-9(12)5-7-11/h1,4-7,10,13H,8H2,2H3. The third kappa shape index (κ3) is 3.63. The normalized spacial score (nSPS) is 12.1. The average Bonchev–Trinajstić information content (AvgIpc) is 2.22. The predicted molar refractivity (Wildman–Crippen MR) is 63.9 cm³/mol. The highest BCUT2D eigenvalue weighted by Gasteiger charge is 2.01. The van der Waals surface area contributed by atoms with Crippen LogP contribution < -0.4 is 5.32 Å². The Hall–Kier alpha value is -0.620. The molecule has 0 aliphatic rings. The Labute approximate surface area is 94.2 Å². The maximum absolute atomic E-state index is 5.77. The second kappa shape index (κ2) is 5.98. The van der Waals surface area contributed by atoms with E-state index in [0.29, 0.717) is 0 Å². The van der Waals surface area contributed by atoms with Gasteiger partial charge >= 0.3 is 0 Å². The molecule has 1 aromatic carbocycles. The van der Waals surface area contributed by atoms with Crippen molar-refractivity contribution in [3.05, 3.63) is 29.3 Å². The minimum atomic E-state index is 0.121. The van der Waals surface area contributed by atoms with Gasteiger partial charge in [-0.15, -0.1) is 18.2 Å². The van der Waals surface area contributed by atoms with Crippen molar-refractivity contribution in [1.29, 1.82) is 0 Å². The molecule has 1 aromatic rings. The Morgan fingerprint density at radius 1 is 1.50 bits per heavy atom. The molecule has 1 rings (SSSR count). The van der Waals surface area contributed by atoms with Crippen LogP contribution in [0.4, 0.5) is 0 Å². The van der Waals surface area contributed by atoms with E-state index in [-0.39, 0.29) is 6.04 Å². The molecule has 0 amide bonds. The first-order chi connectivity index (χ1) is 6.76. The zero-order valence-electron chi connectivity index (χ0n) is 7.96. The number of hydrogen-bond acceptors (Lipinski definition) is 2. The van der Waals surface area contributed by atoms with Crippen molar-refractivity contribution in [3.8, 4) is 12.3 Å². The van der Waals surface area contributed by atoms with Crippen LogP contribution in [0.25, 0.3) is 0 Å². The van der Waals surface area contributed by atoms with Crippen LogP contribution in [0.15, 0.2) is 29.2 Å². The minimum absolute atomic E-state index is 0.121. The fourth-order valence-corrected chi connectivity index (χ4v) is 2.00. The summed E-state index contributed by atoms with van der Waals surface area (Å²) in [6.45, 7) is 0. The van der Waals surface area contributed by atoms with Crippen LogP contribution in [0, 0.1) is 12.3 Å². The molecule has 0 saturated carbocycles. The van der Waals surface area contributed by atoms with E-state index in [2.05, 4.69) is 11.2 Å². The summed E-state index contributed by atoms with van der Waals surface area (Å²) >= 11 is 7.50. The third-order valence-corrected chi connectivity index (χ3v) is 3.14. The minimum Gasteiger partial charge on any atom is -0.306 e. The van der Waals surface area contributed by atoms with E-state index in [4.69, 9.17) is 18.0 Å². The van der Waals surface area contributed by atoms with Gasteiger partial charge in [0.2, 0.25) is 0 Å². The summed E-state index contributed by atoms with van der Waals surface area (Å²) in [4.78, 5) is 1.19. The van der Waals surface area contributed by atoms with Crippen molar-refractivity contribution >= 4 is 23.4 Å². The summed E-state index contributed by atoms with van der Waals surface area (Å²) in [5.41, 5.74) is 0. The lowest BCUT2D eigenvalue weighted by atomic mass is 10.4. The van der Waals surface area contributed by atoms with Crippen molar-refractivity contribution in [2.24, 2.45) is 0 Å². The van der Waals surface area contributed by atoms with Crippen molar-refractivity contribution in [2.75, 3.05) is 12.8 Å². The van der Waals surface area contributed by atoms with Gasteiger partial charge in [-0.1, -0.05) is 17.5 Å². The monoisotopic (exact) mass is 225 g/mol. The van der Waals surface area contributed by atoms with Gasteiger partial charge in [0.15, 0.2) is 0 Å². The molecular weight excluding hydrogens is 214 g/mol. The van der Waals surface area contributed by atoms with Crippen LogP contribution in [-0.4, -0.2) is 18.8 Å². The zero-order valence-corrected chi connectivity index (χ0v) is 9.53. The molecule has 1 atom stereocenters. The highest BCUT2D eigenvalue weighted by atomic mass is 35.5. The molecule has 0 heterocycles. The summed E-state index contributed by atoms with van der Waals surface area (Å²) in [7, 11) is 1.87. The summed E-state index contributed by atoms with van der Waals surface area (Å²) in [5.74, 6) is 3.55. The number of halogens is 1. The van der Waals surface area contributed by atoms with Crippen molar-refractivity contribution in [2.45, 2.75) is 10.9 Å². The van der Waals surface area contributed by atoms with Crippen molar-refractivity contribution < 1.29 is 0 Å². The summed E-state index contributed by atoms with van der Waals surface area (Å²) in [6.07, 6.45) is 5.32. The Morgan fingerprint density at radius 2 is 2.14 bits per heavy atom. The lowest BCUT2D eigenvalue weighted by Crippen LogP contribution is -2.25. The fraction of sp³-hybridized carbons (Fsp3) is 0.273. The molecule has 0 aliphatic carbocycles. The Balaban J connectivity index is 2.46. The average molecular weight is 226 g/mol. The van der Waals surface area contributed by atoms with Crippen LogP contribution in [-0.2, 0) is 0 Å². The molecule has 0 spiro atoms. The Kier molecular flexibility index (Phi) is 4.89. The molecule has 14 heavy (non-hydrogen) atoms. The highest BCUT2D eigenvalue weighted by Crippen LogP contribution is 2.20. The molecule has 0 aliphatic heterocycles. The lowest BCUT2D eigenvalue weighted by molar-refractivity contribution is 0.759. The van der Waals surface area contributed by atoms with E-state index in [9.17, 15) is 0 Å². The number of terminal acetylenes is 1. The van der Waals surface area contributed by atoms with Gasteiger partial charge in [-0.2, -0.15) is 0 Å². The van der Waals surface area contributed by atoms with Crippen LogP contribution in [0.2, 0.25) is 5.02 Å². The number of benzene rings is 1. The maximum atomic E-state index is 5.77. The maximum Gasteiger partial charge on any atom is 0.0779 e. The first kappa shape index (κ1) is 11.5. The molecule has 0 fully saturated rings. The summed E-state index contributed by atoms with van der Waals surface area (Å²) in [6, 6.07) is 7.88. The Morgan fingerprint density at radius 3 is 2.64 bits per heavy atom. The van der Waals surface area contributed by atoms with E-state index in [1.165, 1.54) is 4.90 Å². The molecule has 0 aromatic heterocycles. The van der Waals surface area contributed by atoms with Crippen molar-refractivity contribution in [3.63, 3.8) is 0 Å². The van der Waals surface area contributed by atoms with E-state index in [1.54, 1.807) is 11.8 Å². The molecule has 3 heteroatoms. The zero-order chi connectivity index (χ0) is 10.4. The second-order valence-electron chi connectivity index (χ2n) is 2.77. The second-order valence-corrected chi connectivity index (χ2v) is 4.30. The van der Waals surface area contributed by atoms with E-state index >= 15 is 0 Å². The molecule has 0 bridgehead atoms. The SMILES string of the molecule is C#CC(CSc1ccc(Cl)cc1)NC. The number of thioether (sulfide) groups is 1. The van der Waals surface area contributed by atoms with Crippen LogP contribution >= 0.6 is 23.4 Å². The number of nitrogens with one attached hydrogen (secondary N) is 1. The van der Waals surface area contributed by atoms with Gasteiger partial charge in [-0.25, -0.2) is 0 Å². The van der Waals surface area contributed by atoms with Crippen LogP contribution in [0.5, 0.6) is 0 Å². The van der Waals surface area contributed by atoms with Crippen molar-refractivity contribution in [1.82, 2.24) is 5.32 Å². The first-order valence-corrected chi connectivity index (χ1v) is 5.64. The Bertz CT molecular complexity index is 315. The van der Waals surface area contributed by atoms with Gasteiger partial charge in [-0.05, 0) is 31.3 Å². The summed E-state index contributed by atoms with van der Waals surface area (Å²) < 4.78 is 0. The van der Waals surface area contributed by atoms with E-state index in [1.807, 2.05) is 31.3 Å². The van der Waals surface area contributed by atoms with Crippen LogP contribution in [0.1, 0.15) is 0 Å². The molecular formula is C11H12ClNS. The molecule has 0 radical (unpaired) electrons. The quantitative estimate of drug-likeness (QED) is 0.625. The lowest BCUT2D eigenvalue weighted by Gasteiger charge is -2.08. The van der Waals surface area contributed by atoms with Gasteiger partial charge in [0.05, 0.1) is 6.04 Å². The van der Waals surface area contributed by atoms with Gasteiger partial charge in [-0.3, -0.25) is 0 Å². The molecule has 74 valence electrons. The van der Waals surface area contributed by atoms with Gasteiger partial charge < -0.3 is 5.32 Å². The number of rotatable bonds is 4. The largest absolute Gasteiger partial charge is 0.306 e. The highest BCUT2D eigenvalue weighted by molar-refractivity contribution is 7.99. The molecule has 1 nitrogen and oxygen atoms in total. The van der Waals surface area contributed by atoms with E-state index in [0.717, 1.165) is 10.8 Å². The molecule has 1 unspecified atom stereocenters. The third-order valence-electron chi connectivity index (χ3n) is 1.78. The smallest absolute Gasteiger partial charge is 0.0779 e. The number of hydrogen-bond donors (Lipinski definition) is 1. The topological polar surface area (TPSA) is 12.0 Å². The predicted octanol–water partition coefficient (Wildman–Crippen LogP) is 2.65. The first-order valence-electron chi connectivity index (χ1n) is 4.28.